The number of anilines is 1. The summed E-state index contributed by atoms with van der Waals surface area (Å²) in [6, 6.07) is 23.5. The van der Waals surface area contributed by atoms with Crippen molar-refractivity contribution in [1.29, 1.82) is 0 Å². The zero-order valence-corrected chi connectivity index (χ0v) is 20.3. The van der Waals surface area contributed by atoms with E-state index in [1.54, 1.807) is 43.3 Å². The summed E-state index contributed by atoms with van der Waals surface area (Å²) in [5, 5.41) is 9.93. The number of ketones is 1. The van der Waals surface area contributed by atoms with Crippen LogP contribution in [0.15, 0.2) is 78.9 Å². The second-order valence-electron chi connectivity index (χ2n) is 8.40. The number of carbonyl (C=O) groups excluding carboxylic acids is 1. The zero-order chi connectivity index (χ0) is 24.7. The molecule has 0 bridgehead atoms. The molecule has 1 heterocycles. The number of piperidine rings is 1. The van der Waals surface area contributed by atoms with Crippen molar-refractivity contribution >= 4 is 35.4 Å². The minimum atomic E-state index is -3.43. The van der Waals surface area contributed by atoms with Gasteiger partial charge in [0.1, 0.15) is 0 Å². The quantitative estimate of drug-likeness (QED) is 0.416. The van der Waals surface area contributed by atoms with Crippen molar-refractivity contribution < 1.29 is 24.2 Å². The van der Waals surface area contributed by atoms with Crippen LogP contribution in [-0.2, 0) is 9.36 Å². The highest BCUT2D eigenvalue weighted by molar-refractivity contribution is 7.73. The van der Waals surface area contributed by atoms with Crippen LogP contribution >= 0.6 is 7.37 Å². The summed E-state index contributed by atoms with van der Waals surface area (Å²) >= 11 is 0. The molecular formula is C27H30NO5P. The molecule has 4 rings (SSSR count). The number of benzene rings is 3. The van der Waals surface area contributed by atoms with Crippen LogP contribution in [0.1, 0.15) is 35.7 Å². The first-order chi connectivity index (χ1) is 16.2. The summed E-state index contributed by atoms with van der Waals surface area (Å²) in [6.45, 7) is 4.92. The molecule has 0 saturated carbocycles. The lowest BCUT2D eigenvalue weighted by Crippen LogP contribution is -2.36. The van der Waals surface area contributed by atoms with Crippen LogP contribution in [-0.4, -0.2) is 34.8 Å². The van der Waals surface area contributed by atoms with Crippen LogP contribution in [0.3, 0.4) is 0 Å². The number of aryl methyl sites for hydroxylation is 1. The van der Waals surface area contributed by atoms with Gasteiger partial charge in [0.25, 0.3) is 7.37 Å². The lowest BCUT2D eigenvalue weighted by atomic mass is 9.96. The molecule has 0 spiro atoms. The Kier molecular flexibility index (Phi) is 8.43. The smallest absolute Gasteiger partial charge is 0.306 e. The largest absolute Gasteiger partial charge is 0.481 e. The standard InChI is InChI=1S/C14H17NO3.C13H13O2P/c1-10(16)11-2-4-13(5-3-11)15-8-6-12(7-9-15)14(17)18;1-11-7-5-6-10-13(11)16(14,15)12-8-3-2-4-9-12/h2-5,12H,6-9H2,1H3,(H,17,18);2-10H,1H3,(H,14,15). The number of Topliss-reactive ketones (excluding diaryl/α,β-unsaturated/α-hetero) is 1. The fourth-order valence-corrected chi connectivity index (χ4v) is 5.66. The van der Waals surface area contributed by atoms with E-state index in [2.05, 4.69) is 4.90 Å². The van der Waals surface area contributed by atoms with E-state index < -0.39 is 13.3 Å². The summed E-state index contributed by atoms with van der Waals surface area (Å²) in [4.78, 5) is 34.4. The molecule has 7 heteroatoms. The van der Waals surface area contributed by atoms with Gasteiger partial charge >= 0.3 is 5.97 Å². The monoisotopic (exact) mass is 479 g/mol. The van der Waals surface area contributed by atoms with Gasteiger partial charge in [-0.15, -0.1) is 0 Å². The molecule has 0 radical (unpaired) electrons. The number of hydrogen-bond donors (Lipinski definition) is 2. The van der Waals surface area contributed by atoms with Crippen molar-refractivity contribution in [3.63, 3.8) is 0 Å². The molecule has 3 aromatic rings. The highest BCUT2D eigenvalue weighted by Crippen LogP contribution is 2.38. The fraction of sp³-hybridized carbons (Fsp3) is 0.259. The van der Waals surface area contributed by atoms with E-state index in [0.29, 0.717) is 29.0 Å². The molecule has 0 aliphatic carbocycles. The highest BCUT2D eigenvalue weighted by Gasteiger charge is 2.25. The topological polar surface area (TPSA) is 94.9 Å². The van der Waals surface area contributed by atoms with E-state index in [9.17, 15) is 19.0 Å². The van der Waals surface area contributed by atoms with E-state index >= 15 is 0 Å². The molecule has 1 atom stereocenters. The van der Waals surface area contributed by atoms with E-state index in [1.807, 2.05) is 49.4 Å². The summed E-state index contributed by atoms with van der Waals surface area (Å²) in [6.07, 6.45) is 1.37. The molecule has 0 aromatic heterocycles. The molecule has 1 fully saturated rings. The Bertz CT molecular complexity index is 1170. The normalized spacial score (nSPS) is 15.6. The Balaban J connectivity index is 0.000000192. The third-order valence-electron chi connectivity index (χ3n) is 6.03. The van der Waals surface area contributed by atoms with Gasteiger partial charge in [-0.05, 0) is 74.7 Å². The van der Waals surface area contributed by atoms with E-state index in [4.69, 9.17) is 5.11 Å². The maximum atomic E-state index is 12.4. The highest BCUT2D eigenvalue weighted by atomic mass is 31.2. The number of carbonyl (C=O) groups is 2. The lowest BCUT2D eigenvalue weighted by Gasteiger charge is -2.32. The van der Waals surface area contributed by atoms with Crippen molar-refractivity contribution in [2.45, 2.75) is 26.7 Å². The van der Waals surface area contributed by atoms with Gasteiger partial charge in [-0.2, -0.15) is 0 Å². The number of carboxylic acids is 1. The molecule has 0 amide bonds. The average Bonchev–Trinajstić information content (AvgIpc) is 2.85. The zero-order valence-electron chi connectivity index (χ0n) is 19.4. The first kappa shape index (κ1) is 25.4. The van der Waals surface area contributed by atoms with Gasteiger partial charge in [0.15, 0.2) is 5.78 Å². The number of hydrogen-bond acceptors (Lipinski definition) is 4. The number of rotatable bonds is 5. The van der Waals surface area contributed by atoms with Gasteiger partial charge in [0, 0.05) is 34.9 Å². The summed E-state index contributed by atoms with van der Waals surface area (Å²) < 4.78 is 12.4. The van der Waals surface area contributed by atoms with Crippen molar-refractivity contribution in [2.75, 3.05) is 18.0 Å². The van der Waals surface area contributed by atoms with Crippen molar-refractivity contribution in [3.8, 4) is 0 Å². The molecule has 178 valence electrons. The first-order valence-corrected chi connectivity index (χ1v) is 12.9. The first-order valence-electron chi connectivity index (χ1n) is 11.2. The molecule has 6 nitrogen and oxygen atoms in total. The van der Waals surface area contributed by atoms with Gasteiger partial charge in [-0.25, -0.2) is 0 Å². The second kappa shape index (κ2) is 11.3. The minimum Gasteiger partial charge on any atom is -0.481 e. The minimum absolute atomic E-state index is 0.0612. The Morgan fingerprint density at radius 2 is 1.44 bits per heavy atom. The second-order valence-corrected chi connectivity index (χ2v) is 10.6. The van der Waals surface area contributed by atoms with Crippen molar-refractivity contribution in [3.05, 3.63) is 90.0 Å². The summed E-state index contributed by atoms with van der Waals surface area (Å²) in [5.41, 5.74) is 2.61. The summed E-state index contributed by atoms with van der Waals surface area (Å²) in [7, 11) is -3.43. The van der Waals surface area contributed by atoms with Crippen LogP contribution in [0.5, 0.6) is 0 Å². The Labute approximate surface area is 200 Å². The maximum Gasteiger partial charge on any atom is 0.306 e. The molecule has 1 saturated heterocycles. The van der Waals surface area contributed by atoms with Gasteiger partial charge in [0.2, 0.25) is 0 Å². The molecular weight excluding hydrogens is 449 g/mol. The Hall–Kier alpha value is -3.21. The van der Waals surface area contributed by atoms with Crippen LogP contribution in [0.2, 0.25) is 0 Å². The maximum absolute atomic E-state index is 12.4. The average molecular weight is 480 g/mol. The van der Waals surface area contributed by atoms with E-state index in [0.717, 1.165) is 24.3 Å². The SMILES string of the molecule is CC(=O)c1ccc(N2CCC(C(=O)O)CC2)cc1.Cc1ccccc1P(=O)(O)c1ccccc1. The van der Waals surface area contributed by atoms with Crippen LogP contribution in [0, 0.1) is 12.8 Å². The molecule has 1 aliphatic rings. The molecule has 1 aliphatic heterocycles. The summed E-state index contributed by atoms with van der Waals surface area (Å²) in [5.74, 6) is -0.842. The Morgan fingerprint density at radius 1 is 0.882 bits per heavy atom. The van der Waals surface area contributed by atoms with Crippen molar-refractivity contribution in [2.24, 2.45) is 5.92 Å². The van der Waals surface area contributed by atoms with Gasteiger partial charge < -0.3 is 14.9 Å². The number of carboxylic acid groups (broad SMARTS) is 1. The van der Waals surface area contributed by atoms with Crippen LogP contribution in [0.25, 0.3) is 0 Å². The predicted molar refractivity (Wildman–Crippen MR) is 136 cm³/mol. The predicted octanol–water partition coefficient (Wildman–Crippen LogP) is 4.41. The van der Waals surface area contributed by atoms with Gasteiger partial charge in [-0.1, -0.05) is 36.4 Å². The van der Waals surface area contributed by atoms with E-state index in [-0.39, 0.29) is 11.7 Å². The number of nitrogens with zero attached hydrogens (tertiary/aromatic N) is 1. The van der Waals surface area contributed by atoms with Crippen LogP contribution < -0.4 is 15.5 Å². The number of aliphatic carboxylic acids is 1. The van der Waals surface area contributed by atoms with Gasteiger partial charge in [0.05, 0.1) is 5.92 Å². The molecule has 2 N–H and O–H groups in total. The molecule has 34 heavy (non-hydrogen) atoms. The van der Waals surface area contributed by atoms with E-state index in [1.165, 1.54) is 0 Å². The van der Waals surface area contributed by atoms with Crippen molar-refractivity contribution in [1.82, 2.24) is 0 Å². The molecule has 3 aromatic carbocycles. The third kappa shape index (κ3) is 6.22. The third-order valence-corrected chi connectivity index (χ3v) is 8.18. The van der Waals surface area contributed by atoms with Crippen LogP contribution in [0.4, 0.5) is 5.69 Å². The lowest BCUT2D eigenvalue weighted by molar-refractivity contribution is -0.142. The fourth-order valence-electron chi connectivity index (χ4n) is 3.96. The van der Waals surface area contributed by atoms with Gasteiger partial charge in [-0.3, -0.25) is 14.2 Å². The Morgan fingerprint density at radius 3 is 1.97 bits per heavy atom. The molecule has 1 unspecified atom stereocenters.